The standard InChI is InChI=1S/C14H17ClFN3/c1-4-17-8-11-6-5-7-12(16)14(11)19-10(3)13(15)9(2)18-19/h5-7,17H,4,8H2,1-3H3. The van der Waals surface area contributed by atoms with Gasteiger partial charge in [0, 0.05) is 6.54 Å². The number of nitrogens with zero attached hydrogens (tertiary/aromatic N) is 2. The maximum Gasteiger partial charge on any atom is 0.149 e. The minimum atomic E-state index is -0.294. The molecule has 1 aromatic heterocycles. The molecule has 1 N–H and O–H groups in total. The van der Waals surface area contributed by atoms with Crippen molar-refractivity contribution in [1.82, 2.24) is 15.1 Å². The van der Waals surface area contributed by atoms with Crippen LogP contribution < -0.4 is 5.32 Å². The van der Waals surface area contributed by atoms with Crippen molar-refractivity contribution in [2.75, 3.05) is 6.54 Å². The van der Waals surface area contributed by atoms with Crippen molar-refractivity contribution in [3.63, 3.8) is 0 Å². The number of rotatable bonds is 4. The molecule has 1 aromatic carbocycles. The van der Waals surface area contributed by atoms with Crippen LogP contribution in [0.1, 0.15) is 23.9 Å². The van der Waals surface area contributed by atoms with Gasteiger partial charge in [-0.15, -0.1) is 0 Å². The van der Waals surface area contributed by atoms with Crippen molar-refractivity contribution >= 4 is 11.6 Å². The van der Waals surface area contributed by atoms with Crippen LogP contribution in [-0.4, -0.2) is 16.3 Å². The van der Waals surface area contributed by atoms with Crippen LogP contribution in [-0.2, 0) is 6.54 Å². The fourth-order valence-corrected chi connectivity index (χ4v) is 2.16. The molecule has 2 rings (SSSR count). The van der Waals surface area contributed by atoms with Crippen molar-refractivity contribution < 1.29 is 4.39 Å². The fourth-order valence-electron chi connectivity index (χ4n) is 2.04. The van der Waals surface area contributed by atoms with E-state index < -0.39 is 0 Å². The van der Waals surface area contributed by atoms with Gasteiger partial charge in [0.2, 0.25) is 0 Å². The number of hydrogen-bond donors (Lipinski definition) is 1. The van der Waals surface area contributed by atoms with E-state index in [0.717, 1.165) is 17.8 Å². The molecule has 3 nitrogen and oxygen atoms in total. The molecule has 102 valence electrons. The Labute approximate surface area is 117 Å². The molecular weight excluding hydrogens is 265 g/mol. The molecule has 0 aliphatic heterocycles. The lowest BCUT2D eigenvalue weighted by Gasteiger charge is -2.12. The molecule has 0 atom stereocenters. The van der Waals surface area contributed by atoms with E-state index in [4.69, 9.17) is 11.6 Å². The largest absolute Gasteiger partial charge is 0.313 e. The van der Waals surface area contributed by atoms with Crippen LogP contribution in [0, 0.1) is 19.7 Å². The Morgan fingerprint density at radius 1 is 1.37 bits per heavy atom. The summed E-state index contributed by atoms with van der Waals surface area (Å²) in [7, 11) is 0. The molecule has 0 saturated carbocycles. The monoisotopic (exact) mass is 281 g/mol. The first-order valence-corrected chi connectivity index (χ1v) is 6.64. The molecule has 0 aliphatic carbocycles. The van der Waals surface area contributed by atoms with Gasteiger partial charge < -0.3 is 5.32 Å². The molecule has 0 amide bonds. The van der Waals surface area contributed by atoms with Crippen LogP contribution in [0.2, 0.25) is 5.02 Å². The highest BCUT2D eigenvalue weighted by Gasteiger charge is 2.16. The number of nitrogens with one attached hydrogen (secondary N) is 1. The van der Waals surface area contributed by atoms with Crippen molar-refractivity contribution in [3.05, 3.63) is 46.0 Å². The van der Waals surface area contributed by atoms with Gasteiger partial charge >= 0.3 is 0 Å². The molecule has 0 unspecified atom stereocenters. The third-order valence-electron chi connectivity index (χ3n) is 3.05. The van der Waals surface area contributed by atoms with E-state index in [9.17, 15) is 4.39 Å². The maximum atomic E-state index is 14.2. The summed E-state index contributed by atoms with van der Waals surface area (Å²) in [5.41, 5.74) is 2.79. The maximum absolute atomic E-state index is 14.2. The topological polar surface area (TPSA) is 29.9 Å². The predicted molar refractivity (Wildman–Crippen MR) is 75.4 cm³/mol. The Bertz CT molecular complexity index is 593. The Morgan fingerprint density at radius 2 is 2.11 bits per heavy atom. The zero-order valence-corrected chi connectivity index (χ0v) is 12.1. The number of para-hydroxylation sites is 1. The molecule has 2 aromatic rings. The molecule has 0 spiro atoms. The fraction of sp³-hybridized carbons (Fsp3) is 0.357. The summed E-state index contributed by atoms with van der Waals surface area (Å²) in [6.07, 6.45) is 0. The van der Waals surface area contributed by atoms with Crippen LogP contribution in [0.15, 0.2) is 18.2 Å². The highest BCUT2D eigenvalue weighted by molar-refractivity contribution is 6.31. The summed E-state index contributed by atoms with van der Waals surface area (Å²) in [6, 6.07) is 5.04. The number of benzene rings is 1. The Balaban J connectivity index is 2.56. The lowest BCUT2D eigenvalue weighted by molar-refractivity contribution is 0.599. The lowest BCUT2D eigenvalue weighted by atomic mass is 10.1. The second-order valence-electron chi connectivity index (χ2n) is 4.42. The highest BCUT2D eigenvalue weighted by Crippen LogP contribution is 2.26. The minimum Gasteiger partial charge on any atom is -0.313 e. The SMILES string of the molecule is CCNCc1cccc(F)c1-n1nc(C)c(Cl)c1C. The van der Waals surface area contributed by atoms with Gasteiger partial charge in [-0.1, -0.05) is 30.7 Å². The summed E-state index contributed by atoms with van der Waals surface area (Å²) in [5, 5.41) is 8.11. The van der Waals surface area contributed by atoms with Crippen LogP contribution in [0.3, 0.4) is 0 Å². The van der Waals surface area contributed by atoms with E-state index >= 15 is 0 Å². The summed E-state index contributed by atoms with van der Waals surface area (Å²) in [4.78, 5) is 0. The minimum absolute atomic E-state index is 0.294. The average Bonchev–Trinajstić information content (AvgIpc) is 2.64. The molecule has 0 fully saturated rings. The molecule has 19 heavy (non-hydrogen) atoms. The molecule has 0 aliphatic rings. The van der Waals surface area contributed by atoms with Crippen LogP contribution in [0.25, 0.3) is 5.69 Å². The van der Waals surface area contributed by atoms with Gasteiger partial charge in [0.25, 0.3) is 0 Å². The van der Waals surface area contributed by atoms with Gasteiger partial charge in [-0.2, -0.15) is 5.10 Å². The zero-order chi connectivity index (χ0) is 14.0. The van der Waals surface area contributed by atoms with Crippen molar-refractivity contribution in [2.45, 2.75) is 27.3 Å². The molecular formula is C14H17ClFN3. The Morgan fingerprint density at radius 3 is 2.68 bits per heavy atom. The smallest absolute Gasteiger partial charge is 0.149 e. The van der Waals surface area contributed by atoms with E-state index in [1.807, 2.05) is 26.8 Å². The van der Waals surface area contributed by atoms with E-state index in [1.54, 1.807) is 10.7 Å². The van der Waals surface area contributed by atoms with Gasteiger partial charge in [0.05, 0.1) is 16.4 Å². The quantitative estimate of drug-likeness (QED) is 0.931. The van der Waals surface area contributed by atoms with Crippen molar-refractivity contribution in [3.8, 4) is 5.69 Å². The average molecular weight is 282 g/mol. The van der Waals surface area contributed by atoms with E-state index in [0.29, 0.717) is 22.9 Å². The number of hydrogen-bond acceptors (Lipinski definition) is 2. The number of halogens is 2. The van der Waals surface area contributed by atoms with Gasteiger partial charge in [-0.25, -0.2) is 9.07 Å². The molecule has 1 heterocycles. The third-order valence-corrected chi connectivity index (χ3v) is 3.60. The molecule has 5 heteroatoms. The zero-order valence-electron chi connectivity index (χ0n) is 11.3. The van der Waals surface area contributed by atoms with Gasteiger partial charge in [-0.05, 0) is 32.0 Å². The first kappa shape index (κ1) is 14.0. The summed E-state index contributed by atoms with van der Waals surface area (Å²) < 4.78 is 15.7. The second kappa shape index (κ2) is 5.72. The Kier molecular flexibility index (Phi) is 4.22. The number of aryl methyl sites for hydroxylation is 1. The normalized spacial score (nSPS) is 11.0. The third kappa shape index (κ3) is 2.65. The van der Waals surface area contributed by atoms with Gasteiger partial charge in [0.15, 0.2) is 0 Å². The lowest BCUT2D eigenvalue weighted by Crippen LogP contribution is -2.15. The first-order chi connectivity index (χ1) is 9.06. The summed E-state index contributed by atoms with van der Waals surface area (Å²) in [6.45, 7) is 7.09. The predicted octanol–water partition coefficient (Wildman–Crippen LogP) is 3.39. The van der Waals surface area contributed by atoms with E-state index in [2.05, 4.69) is 10.4 Å². The van der Waals surface area contributed by atoms with E-state index in [-0.39, 0.29) is 5.82 Å². The first-order valence-electron chi connectivity index (χ1n) is 6.26. The van der Waals surface area contributed by atoms with Crippen molar-refractivity contribution in [1.29, 1.82) is 0 Å². The highest BCUT2D eigenvalue weighted by atomic mass is 35.5. The van der Waals surface area contributed by atoms with Gasteiger partial charge in [0.1, 0.15) is 11.5 Å². The second-order valence-corrected chi connectivity index (χ2v) is 4.80. The van der Waals surface area contributed by atoms with Crippen LogP contribution in [0.4, 0.5) is 4.39 Å². The molecule has 0 saturated heterocycles. The molecule has 0 bridgehead atoms. The summed E-state index contributed by atoms with van der Waals surface area (Å²) in [5.74, 6) is -0.294. The van der Waals surface area contributed by atoms with Crippen LogP contribution >= 0.6 is 11.6 Å². The van der Waals surface area contributed by atoms with Gasteiger partial charge in [-0.3, -0.25) is 0 Å². The molecule has 0 radical (unpaired) electrons. The van der Waals surface area contributed by atoms with Crippen LogP contribution in [0.5, 0.6) is 0 Å². The Hall–Kier alpha value is -1.39. The van der Waals surface area contributed by atoms with E-state index in [1.165, 1.54) is 6.07 Å². The van der Waals surface area contributed by atoms with Crippen molar-refractivity contribution in [2.24, 2.45) is 0 Å². The number of aromatic nitrogens is 2. The summed E-state index contributed by atoms with van der Waals surface area (Å²) >= 11 is 6.14.